The SMILES string of the molecule is CC1CCC(C)N(C(=O)CNC2CCCC2)C1. The summed E-state index contributed by atoms with van der Waals surface area (Å²) in [5, 5.41) is 3.42. The van der Waals surface area contributed by atoms with Gasteiger partial charge in [0.2, 0.25) is 5.91 Å². The molecule has 0 radical (unpaired) electrons. The lowest BCUT2D eigenvalue weighted by Gasteiger charge is -2.37. The summed E-state index contributed by atoms with van der Waals surface area (Å²) < 4.78 is 0. The van der Waals surface area contributed by atoms with Crippen molar-refractivity contribution in [2.75, 3.05) is 13.1 Å². The summed E-state index contributed by atoms with van der Waals surface area (Å²) in [5.74, 6) is 0.970. The third kappa shape index (κ3) is 3.44. The van der Waals surface area contributed by atoms with Crippen LogP contribution in [0, 0.1) is 5.92 Å². The first kappa shape index (κ1) is 12.9. The van der Waals surface area contributed by atoms with Crippen LogP contribution in [0.5, 0.6) is 0 Å². The maximum Gasteiger partial charge on any atom is 0.236 e. The van der Waals surface area contributed by atoms with Gasteiger partial charge < -0.3 is 10.2 Å². The van der Waals surface area contributed by atoms with E-state index in [9.17, 15) is 4.79 Å². The van der Waals surface area contributed by atoms with E-state index in [4.69, 9.17) is 0 Å². The maximum atomic E-state index is 12.2. The number of nitrogens with zero attached hydrogens (tertiary/aromatic N) is 1. The number of amides is 1. The molecule has 1 aliphatic heterocycles. The Morgan fingerprint density at radius 3 is 2.59 bits per heavy atom. The van der Waals surface area contributed by atoms with Crippen molar-refractivity contribution in [1.29, 1.82) is 0 Å². The topological polar surface area (TPSA) is 32.3 Å². The Morgan fingerprint density at radius 2 is 1.88 bits per heavy atom. The van der Waals surface area contributed by atoms with E-state index in [-0.39, 0.29) is 0 Å². The number of likely N-dealkylation sites (tertiary alicyclic amines) is 1. The lowest BCUT2D eigenvalue weighted by molar-refractivity contribution is -0.134. The van der Waals surface area contributed by atoms with Gasteiger partial charge in [-0.05, 0) is 38.5 Å². The summed E-state index contributed by atoms with van der Waals surface area (Å²) >= 11 is 0. The first-order valence-corrected chi connectivity index (χ1v) is 7.19. The molecule has 2 rings (SSSR count). The number of hydrogen-bond donors (Lipinski definition) is 1. The summed E-state index contributed by atoms with van der Waals surface area (Å²) in [6.45, 7) is 5.92. The van der Waals surface area contributed by atoms with Crippen molar-refractivity contribution in [2.24, 2.45) is 5.92 Å². The van der Waals surface area contributed by atoms with E-state index in [1.54, 1.807) is 0 Å². The second-order valence-corrected chi connectivity index (χ2v) is 5.94. The molecule has 1 aliphatic carbocycles. The molecular weight excluding hydrogens is 212 g/mol. The van der Waals surface area contributed by atoms with Gasteiger partial charge in [0.1, 0.15) is 0 Å². The van der Waals surface area contributed by atoms with Crippen molar-refractivity contribution in [3.05, 3.63) is 0 Å². The minimum Gasteiger partial charge on any atom is -0.339 e. The van der Waals surface area contributed by atoms with Gasteiger partial charge in [0.25, 0.3) is 0 Å². The number of carbonyl (C=O) groups is 1. The molecule has 17 heavy (non-hydrogen) atoms. The van der Waals surface area contributed by atoms with E-state index in [0.29, 0.717) is 30.5 Å². The second-order valence-electron chi connectivity index (χ2n) is 5.94. The zero-order chi connectivity index (χ0) is 12.3. The zero-order valence-corrected chi connectivity index (χ0v) is 11.2. The van der Waals surface area contributed by atoms with Crippen molar-refractivity contribution in [2.45, 2.75) is 64.5 Å². The van der Waals surface area contributed by atoms with Crippen LogP contribution in [0.1, 0.15) is 52.4 Å². The van der Waals surface area contributed by atoms with Crippen molar-refractivity contribution >= 4 is 5.91 Å². The van der Waals surface area contributed by atoms with Gasteiger partial charge >= 0.3 is 0 Å². The Hall–Kier alpha value is -0.570. The summed E-state index contributed by atoms with van der Waals surface area (Å²) in [6, 6.07) is 1.03. The monoisotopic (exact) mass is 238 g/mol. The summed E-state index contributed by atoms with van der Waals surface area (Å²) in [4.78, 5) is 14.3. The Labute approximate surface area is 105 Å². The highest BCUT2D eigenvalue weighted by molar-refractivity contribution is 5.78. The van der Waals surface area contributed by atoms with Gasteiger partial charge in [-0.2, -0.15) is 0 Å². The molecule has 2 aliphatic rings. The van der Waals surface area contributed by atoms with Crippen LogP contribution in [-0.4, -0.2) is 36.0 Å². The smallest absolute Gasteiger partial charge is 0.236 e. The lowest BCUT2D eigenvalue weighted by Crippen LogP contribution is -2.49. The van der Waals surface area contributed by atoms with Gasteiger partial charge in [0, 0.05) is 18.6 Å². The Morgan fingerprint density at radius 1 is 1.18 bits per heavy atom. The highest BCUT2D eigenvalue weighted by atomic mass is 16.2. The molecule has 1 N–H and O–H groups in total. The third-order valence-corrected chi connectivity index (χ3v) is 4.34. The molecule has 1 heterocycles. The maximum absolute atomic E-state index is 12.2. The molecule has 1 saturated carbocycles. The van der Waals surface area contributed by atoms with E-state index in [2.05, 4.69) is 24.1 Å². The highest BCUT2D eigenvalue weighted by Crippen LogP contribution is 2.21. The van der Waals surface area contributed by atoms with E-state index in [0.717, 1.165) is 13.0 Å². The zero-order valence-electron chi connectivity index (χ0n) is 11.2. The van der Waals surface area contributed by atoms with Gasteiger partial charge in [0.05, 0.1) is 6.54 Å². The van der Waals surface area contributed by atoms with Gasteiger partial charge in [0.15, 0.2) is 0 Å². The van der Waals surface area contributed by atoms with Gasteiger partial charge in [-0.15, -0.1) is 0 Å². The molecule has 0 bridgehead atoms. The second kappa shape index (κ2) is 5.85. The average molecular weight is 238 g/mol. The number of rotatable bonds is 3. The predicted molar refractivity (Wildman–Crippen MR) is 69.8 cm³/mol. The molecule has 0 aromatic heterocycles. The van der Waals surface area contributed by atoms with E-state index in [1.165, 1.54) is 32.1 Å². The van der Waals surface area contributed by atoms with Crippen molar-refractivity contribution in [1.82, 2.24) is 10.2 Å². The fraction of sp³-hybridized carbons (Fsp3) is 0.929. The first-order chi connectivity index (χ1) is 8.16. The summed E-state index contributed by atoms with van der Waals surface area (Å²) in [7, 11) is 0. The highest BCUT2D eigenvalue weighted by Gasteiger charge is 2.27. The molecule has 3 heteroatoms. The summed E-state index contributed by atoms with van der Waals surface area (Å²) in [5.41, 5.74) is 0. The molecule has 1 amide bonds. The molecular formula is C14H26N2O. The third-order valence-electron chi connectivity index (χ3n) is 4.34. The Kier molecular flexibility index (Phi) is 4.43. The van der Waals surface area contributed by atoms with Crippen molar-refractivity contribution in [3.8, 4) is 0 Å². The standard InChI is InChI=1S/C14H26N2O/c1-11-7-8-12(2)16(10-11)14(17)9-15-13-5-3-4-6-13/h11-13,15H,3-10H2,1-2H3. The fourth-order valence-electron chi connectivity index (χ4n) is 3.10. The lowest BCUT2D eigenvalue weighted by atomic mass is 9.95. The van der Waals surface area contributed by atoms with Crippen LogP contribution in [0.2, 0.25) is 0 Å². The molecule has 0 aromatic rings. The largest absolute Gasteiger partial charge is 0.339 e. The van der Waals surface area contributed by atoms with Crippen LogP contribution in [-0.2, 0) is 4.79 Å². The Bertz CT molecular complexity index is 261. The van der Waals surface area contributed by atoms with Crippen LogP contribution in [0.3, 0.4) is 0 Å². The van der Waals surface area contributed by atoms with Crippen LogP contribution in [0.4, 0.5) is 0 Å². The van der Waals surface area contributed by atoms with E-state index < -0.39 is 0 Å². The van der Waals surface area contributed by atoms with E-state index in [1.807, 2.05) is 0 Å². The first-order valence-electron chi connectivity index (χ1n) is 7.19. The normalized spacial score (nSPS) is 30.8. The Balaban J connectivity index is 1.77. The molecule has 98 valence electrons. The van der Waals surface area contributed by atoms with Gasteiger partial charge in [-0.1, -0.05) is 19.8 Å². The quantitative estimate of drug-likeness (QED) is 0.817. The van der Waals surface area contributed by atoms with Crippen LogP contribution < -0.4 is 5.32 Å². The molecule has 2 fully saturated rings. The van der Waals surface area contributed by atoms with Crippen molar-refractivity contribution < 1.29 is 4.79 Å². The summed E-state index contributed by atoms with van der Waals surface area (Å²) in [6.07, 6.45) is 7.57. The molecule has 0 aromatic carbocycles. The molecule has 1 saturated heterocycles. The number of carbonyl (C=O) groups excluding carboxylic acids is 1. The minimum absolute atomic E-state index is 0.302. The molecule has 0 spiro atoms. The van der Waals surface area contributed by atoms with Crippen LogP contribution in [0.15, 0.2) is 0 Å². The molecule has 2 unspecified atom stereocenters. The number of piperidine rings is 1. The molecule has 2 atom stereocenters. The van der Waals surface area contributed by atoms with Crippen LogP contribution in [0.25, 0.3) is 0 Å². The van der Waals surface area contributed by atoms with Crippen LogP contribution >= 0.6 is 0 Å². The average Bonchev–Trinajstić information content (AvgIpc) is 2.82. The van der Waals surface area contributed by atoms with Crippen molar-refractivity contribution in [3.63, 3.8) is 0 Å². The number of nitrogens with one attached hydrogen (secondary N) is 1. The van der Waals surface area contributed by atoms with Gasteiger partial charge in [-0.3, -0.25) is 4.79 Å². The minimum atomic E-state index is 0.302. The van der Waals surface area contributed by atoms with Gasteiger partial charge in [-0.25, -0.2) is 0 Å². The predicted octanol–water partition coefficient (Wildman–Crippen LogP) is 2.17. The number of hydrogen-bond acceptors (Lipinski definition) is 2. The molecule has 3 nitrogen and oxygen atoms in total. The van der Waals surface area contributed by atoms with E-state index >= 15 is 0 Å². The fourth-order valence-corrected chi connectivity index (χ4v) is 3.10.